The Morgan fingerprint density at radius 3 is 2.26 bits per heavy atom. The molecule has 2 atom stereocenters. The van der Waals surface area contributed by atoms with Crippen LogP contribution in [0.4, 0.5) is 8.78 Å². The Balaban J connectivity index is 0.000000861. The van der Waals surface area contributed by atoms with E-state index < -0.39 is 17.6 Å². The van der Waals surface area contributed by atoms with E-state index in [0.29, 0.717) is 0 Å². The molecule has 1 aliphatic carbocycles. The first-order valence-corrected chi connectivity index (χ1v) is 6.68. The number of benzene rings is 1. The maximum atomic E-state index is 14.0. The lowest BCUT2D eigenvalue weighted by Gasteiger charge is -2.33. The van der Waals surface area contributed by atoms with Crippen molar-refractivity contribution in [3.8, 4) is 0 Å². The molecule has 108 valence electrons. The van der Waals surface area contributed by atoms with E-state index in [1.54, 1.807) is 26.0 Å². The average Bonchev–Trinajstić information content (AvgIpc) is 2.51. The lowest BCUT2D eigenvalue weighted by molar-refractivity contribution is -0.229. The van der Waals surface area contributed by atoms with Crippen LogP contribution in [-0.2, 0) is 5.60 Å². The maximum absolute atomic E-state index is 14.0. The van der Waals surface area contributed by atoms with Gasteiger partial charge in [0.25, 0.3) is 0 Å². The summed E-state index contributed by atoms with van der Waals surface area (Å²) < 4.78 is 28.1. The fraction of sp³-hybridized carbons (Fsp3) is 0.600. The van der Waals surface area contributed by atoms with Crippen molar-refractivity contribution in [2.45, 2.75) is 51.7 Å². The SMILES string of the molecule is CC.CC(C)CC1(O)c2ccccc2C(O)C1(F)F. The molecule has 0 radical (unpaired) electrons. The Labute approximate surface area is 113 Å². The third-order valence-corrected chi connectivity index (χ3v) is 3.30. The molecule has 0 aromatic heterocycles. The summed E-state index contributed by atoms with van der Waals surface area (Å²) in [5.41, 5.74) is -2.00. The third-order valence-electron chi connectivity index (χ3n) is 3.30. The van der Waals surface area contributed by atoms with E-state index >= 15 is 0 Å². The lowest BCUT2D eigenvalue weighted by Crippen LogP contribution is -2.44. The van der Waals surface area contributed by atoms with Gasteiger partial charge in [0.05, 0.1) is 0 Å². The Morgan fingerprint density at radius 1 is 1.21 bits per heavy atom. The predicted octanol–water partition coefficient (Wildman–Crippen LogP) is 3.63. The Kier molecular flexibility index (Phi) is 4.69. The van der Waals surface area contributed by atoms with Gasteiger partial charge in [-0.15, -0.1) is 0 Å². The first-order valence-electron chi connectivity index (χ1n) is 6.68. The van der Waals surface area contributed by atoms with Gasteiger partial charge in [0, 0.05) is 0 Å². The van der Waals surface area contributed by atoms with Crippen LogP contribution < -0.4 is 0 Å². The van der Waals surface area contributed by atoms with Crippen molar-refractivity contribution in [1.82, 2.24) is 0 Å². The summed E-state index contributed by atoms with van der Waals surface area (Å²) in [4.78, 5) is 0. The zero-order chi connectivity index (χ0) is 14.8. The second-order valence-corrected chi connectivity index (χ2v) is 5.07. The van der Waals surface area contributed by atoms with Crippen molar-refractivity contribution >= 4 is 0 Å². The van der Waals surface area contributed by atoms with E-state index in [0.717, 1.165) is 0 Å². The van der Waals surface area contributed by atoms with E-state index in [2.05, 4.69) is 0 Å². The number of halogens is 2. The molecule has 1 aromatic carbocycles. The Bertz CT molecular complexity index is 432. The minimum absolute atomic E-state index is 0.0753. The van der Waals surface area contributed by atoms with Gasteiger partial charge >= 0.3 is 5.92 Å². The standard InChI is InChI=1S/C13H16F2O2.C2H6/c1-8(2)7-12(17)10-6-4-3-5-9(10)11(16)13(12,14)15;1-2/h3-6,8,11,16-17H,7H2,1-2H3;1-2H3. The van der Waals surface area contributed by atoms with Crippen LogP contribution in [0, 0.1) is 5.92 Å². The van der Waals surface area contributed by atoms with Gasteiger partial charge in [-0.05, 0) is 23.5 Å². The molecular formula is C15H22F2O2. The van der Waals surface area contributed by atoms with Gasteiger partial charge < -0.3 is 10.2 Å². The molecule has 0 bridgehead atoms. The van der Waals surface area contributed by atoms with Gasteiger partial charge in [-0.1, -0.05) is 52.0 Å². The van der Waals surface area contributed by atoms with Gasteiger partial charge in [0.1, 0.15) is 6.10 Å². The molecule has 2 N–H and O–H groups in total. The Hall–Kier alpha value is -1.00. The fourth-order valence-electron chi connectivity index (χ4n) is 2.55. The van der Waals surface area contributed by atoms with Crippen LogP contribution in [0.25, 0.3) is 0 Å². The maximum Gasteiger partial charge on any atom is 0.309 e. The number of alkyl halides is 2. The van der Waals surface area contributed by atoms with Crippen molar-refractivity contribution in [3.63, 3.8) is 0 Å². The number of fused-ring (bicyclic) bond motifs is 1. The Morgan fingerprint density at radius 2 is 1.74 bits per heavy atom. The summed E-state index contributed by atoms with van der Waals surface area (Å²) in [5.74, 6) is -3.63. The normalized spacial score (nSPS) is 27.7. The highest BCUT2D eigenvalue weighted by atomic mass is 19.3. The van der Waals surface area contributed by atoms with Crippen molar-refractivity contribution in [2.75, 3.05) is 0 Å². The summed E-state index contributed by atoms with van der Waals surface area (Å²) in [6, 6.07) is 6.07. The molecule has 2 rings (SSSR count). The van der Waals surface area contributed by atoms with Crippen LogP contribution in [0.3, 0.4) is 0 Å². The largest absolute Gasteiger partial charge is 0.382 e. The first kappa shape index (κ1) is 16.1. The molecule has 2 unspecified atom stereocenters. The van der Waals surface area contributed by atoms with Crippen molar-refractivity contribution < 1.29 is 19.0 Å². The fourth-order valence-corrected chi connectivity index (χ4v) is 2.55. The van der Waals surface area contributed by atoms with Crippen LogP contribution in [0.5, 0.6) is 0 Å². The summed E-state index contributed by atoms with van der Waals surface area (Å²) in [6.07, 6.45) is -2.00. The highest BCUT2D eigenvalue weighted by Crippen LogP contribution is 2.56. The molecular weight excluding hydrogens is 250 g/mol. The monoisotopic (exact) mass is 272 g/mol. The molecule has 4 heteroatoms. The molecule has 19 heavy (non-hydrogen) atoms. The topological polar surface area (TPSA) is 40.5 Å². The molecule has 0 saturated heterocycles. The summed E-state index contributed by atoms with van der Waals surface area (Å²) in [5, 5.41) is 19.9. The van der Waals surface area contributed by atoms with E-state index in [4.69, 9.17) is 0 Å². The zero-order valence-electron chi connectivity index (χ0n) is 11.8. The number of rotatable bonds is 2. The highest BCUT2D eigenvalue weighted by Gasteiger charge is 2.64. The molecule has 0 saturated carbocycles. The van der Waals surface area contributed by atoms with Gasteiger partial charge in [0.2, 0.25) is 0 Å². The van der Waals surface area contributed by atoms with Gasteiger partial charge in [-0.25, -0.2) is 0 Å². The third kappa shape index (κ3) is 2.39. The van der Waals surface area contributed by atoms with E-state index in [1.165, 1.54) is 12.1 Å². The van der Waals surface area contributed by atoms with Crippen molar-refractivity contribution in [2.24, 2.45) is 5.92 Å². The number of aliphatic hydroxyl groups excluding tert-OH is 1. The molecule has 0 spiro atoms. The van der Waals surface area contributed by atoms with Gasteiger partial charge in [-0.2, -0.15) is 8.78 Å². The second-order valence-electron chi connectivity index (χ2n) is 5.07. The molecule has 1 aromatic rings. The minimum Gasteiger partial charge on any atom is -0.382 e. The quantitative estimate of drug-likeness (QED) is 0.863. The molecule has 0 amide bonds. The number of aliphatic hydroxyl groups is 2. The first-order chi connectivity index (χ1) is 8.80. The van der Waals surface area contributed by atoms with Crippen molar-refractivity contribution in [1.29, 1.82) is 0 Å². The van der Waals surface area contributed by atoms with Crippen LogP contribution in [-0.4, -0.2) is 16.1 Å². The summed E-state index contributed by atoms with van der Waals surface area (Å²) in [6.45, 7) is 7.53. The molecule has 2 nitrogen and oxygen atoms in total. The zero-order valence-corrected chi connectivity index (χ0v) is 11.8. The minimum atomic E-state index is -3.54. The lowest BCUT2D eigenvalue weighted by atomic mass is 9.85. The summed E-state index contributed by atoms with van der Waals surface area (Å²) in [7, 11) is 0. The number of hydrogen-bond donors (Lipinski definition) is 2. The predicted molar refractivity (Wildman–Crippen MR) is 71.0 cm³/mol. The number of hydrogen-bond acceptors (Lipinski definition) is 2. The van der Waals surface area contributed by atoms with E-state index in [9.17, 15) is 19.0 Å². The average molecular weight is 272 g/mol. The molecule has 0 aliphatic heterocycles. The van der Waals surface area contributed by atoms with Crippen LogP contribution >= 0.6 is 0 Å². The molecule has 0 fully saturated rings. The van der Waals surface area contributed by atoms with E-state index in [-0.39, 0.29) is 23.5 Å². The van der Waals surface area contributed by atoms with E-state index in [1.807, 2.05) is 13.8 Å². The van der Waals surface area contributed by atoms with Gasteiger partial charge in [0.15, 0.2) is 5.60 Å². The van der Waals surface area contributed by atoms with Crippen LogP contribution in [0.15, 0.2) is 24.3 Å². The van der Waals surface area contributed by atoms with Crippen molar-refractivity contribution in [3.05, 3.63) is 35.4 Å². The second kappa shape index (κ2) is 5.55. The van der Waals surface area contributed by atoms with Crippen LogP contribution in [0.2, 0.25) is 0 Å². The van der Waals surface area contributed by atoms with Crippen LogP contribution in [0.1, 0.15) is 51.3 Å². The molecule has 0 heterocycles. The highest BCUT2D eigenvalue weighted by molar-refractivity contribution is 5.43. The molecule has 1 aliphatic rings. The van der Waals surface area contributed by atoms with Gasteiger partial charge in [-0.3, -0.25) is 0 Å². The summed E-state index contributed by atoms with van der Waals surface area (Å²) >= 11 is 0. The smallest absolute Gasteiger partial charge is 0.309 e.